The number of nitrogens with zero attached hydrogens (tertiary/aromatic N) is 1. The molecule has 2 heterocycles. The van der Waals surface area contributed by atoms with Gasteiger partial charge in [-0.2, -0.15) is 0 Å². The molecular weight excluding hydrogens is 346 g/mol. The van der Waals surface area contributed by atoms with E-state index < -0.39 is 0 Å². The first kappa shape index (κ1) is 16.9. The van der Waals surface area contributed by atoms with E-state index in [1.54, 1.807) is 0 Å². The second-order valence-corrected chi connectivity index (χ2v) is 7.16. The van der Waals surface area contributed by atoms with Crippen molar-refractivity contribution < 1.29 is 9.21 Å². The first-order valence-electron chi connectivity index (χ1n) is 8.76. The van der Waals surface area contributed by atoms with Gasteiger partial charge in [-0.25, -0.2) is 0 Å². The zero-order valence-electron chi connectivity index (χ0n) is 14.8. The lowest BCUT2D eigenvalue weighted by Crippen LogP contribution is -2.40. The Morgan fingerprint density at radius 1 is 1.12 bits per heavy atom. The third-order valence-corrected chi connectivity index (χ3v) is 5.25. The topological polar surface area (TPSA) is 33.5 Å². The molecule has 26 heavy (non-hydrogen) atoms. The van der Waals surface area contributed by atoms with Crippen molar-refractivity contribution in [2.24, 2.45) is 0 Å². The smallest absolute Gasteiger partial charge is 0.258 e. The van der Waals surface area contributed by atoms with Crippen LogP contribution in [0.4, 0.5) is 0 Å². The largest absolute Gasteiger partial charge is 0.466 e. The fourth-order valence-electron chi connectivity index (χ4n) is 3.79. The number of carbonyl (C=O) groups excluding carboxylic acids is 1. The minimum atomic E-state index is -0.126. The van der Waals surface area contributed by atoms with Gasteiger partial charge in [0, 0.05) is 11.6 Å². The van der Waals surface area contributed by atoms with Crippen LogP contribution in [0.1, 0.15) is 44.6 Å². The summed E-state index contributed by atoms with van der Waals surface area (Å²) >= 11 is 6.08. The normalized spacial score (nSPS) is 16.4. The highest BCUT2D eigenvalue weighted by atomic mass is 35.5. The Morgan fingerprint density at radius 3 is 2.54 bits per heavy atom. The van der Waals surface area contributed by atoms with E-state index in [2.05, 4.69) is 18.2 Å². The van der Waals surface area contributed by atoms with E-state index >= 15 is 0 Å². The Kier molecular flexibility index (Phi) is 4.33. The summed E-state index contributed by atoms with van der Waals surface area (Å²) in [5.41, 5.74) is 4.16. The number of halogens is 1. The van der Waals surface area contributed by atoms with Gasteiger partial charge in [-0.1, -0.05) is 48.0 Å². The number of amides is 1. The van der Waals surface area contributed by atoms with Crippen LogP contribution in [0.2, 0.25) is 5.02 Å². The molecule has 1 aliphatic heterocycles. The minimum Gasteiger partial charge on any atom is -0.466 e. The zero-order chi connectivity index (χ0) is 18.3. The minimum absolute atomic E-state index is 0.00815. The molecule has 0 bridgehead atoms. The van der Waals surface area contributed by atoms with Crippen molar-refractivity contribution in [3.63, 3.8) is 0 Å². The van der Waals surface area contributed by atoms with Crippen LogP contribution in [-0.4, -0.2) is 17.4 Å². The van der Waals surface area contributed by atoms with Gasteiger partial charge in [-0.15, -0.1) is 0 Å². The van der Waals surface area contributed by atoms with Gasteiger partial charge in [0.05, 0.1) is 11.6 Å². The average Bonchev–Trinajstić information content (AvgIpc) is 2.99. The van der Waals surface area contributed by atoms with Crippen molar-refractivity contribution in [2.75, 3.05) is 6.54 Å². The van der Waals surface area contributed by atoms with Gasteiger partial charge >= 0.3 is 0 Å². The van der Waals surface area contributed by atoms with Gasteiger partial charge in [-0.3, -0.25) is 4.79 Å². The van der Waals surface area contributed by atoms with Crippen LogP contribution in [0, 0.1) is 13.8 Å². The number of hydrogen-bond donors (Lipinski definition) is 0. The van der Waals surface area contributed by atoms with E-state index in [-0.39, 0.29) is 11.9 Å². The first-order valence-corrected chi connectivity index (χ1v) is 9.13. The molecule has 0 saturated heterocycles. The van der Waals surface area contributed by atoms with Crippen LogP contribution in [0.15, 0.2) is 59.0 Å². The number of fused-ring (bicyclic) bond motifs is 1. The van der Waals surface area contributed by atoms with E-state index in [1.807, 2.05) is 55.1 Å². The number of hydrogen-bond acceptors (Lipinski definition) is 2. The predicted molar refractivity (Wildman–Crippen MR) is 103 cm³/mol. The van der Waals surface area contributed by atoms with Crippen molar-refractivity contribution in [1.82, 2.24) is 4.90 Å². The van der Waals surface area contributed by atoms with E-state index in [9.17, 15) is 4.79 Å². The third-order valence-electron chi connectivity index (χ3n) is 5.00. The highest BCUT2D eigenvalue weighted by Crippen LogP contribution is 2.37. The molecule has 0 saturated carbocycles. The van der Waals surface area contributed by atoms with E-state index in [0.717, 1.165) is 17.7 Å². The molecule has 1 atom stereocenters. The Morgan fingerprint density at radius 2 is 1.85 bits per heavy atom. The molecule has 4 rings (SSSR count). The number of aryl methyl sites for hydroxylation is 2. The number of furan rings is 1. The highest BCUT2D eigenvalue weighted by Gasteiger charge is 2.33. The molecule has 1 amide bonds. The summed E-state index contributed by atoms with van der Waals surface area (Å²) in [4.78, 5) is 15.3. The first-order chi connectivity index (χ1) is 12.5. The van der Waals surface area contributed by atoms with E-state index in [1.165, 1.54) is 11.1 Å². The third kappa shape index (κ3) is 2.93. The fourth-order valence-corrected chi connectivity index (χ4v) is 3.91. The molecule has 132 valence electrons. The summed E-state index contributed by atoms with van der Waals surface area (Å²) < 4.78 is 5.59. The summed E-state index contributed by atoms with van der Waals surface area (Å²) in [5.74, 6) is 1.43. The molecule has 4 heteroatoms. The maximum Gasteiger partial charge on any atom is 0.258 e. The predicted octanol–water partition coefficient (Wildman–Crippen LogP) is 5.34. The fraction of sp³-hybridized carbons (Fsp3) is 0.227. The Labute approximate surface area is 158 Å². The number of carbonyl (C=O) groups is 1. The van der Waals surface area contributed by atoms with Crippen LogP contribution in [0.5, 0.6) is 0 Å². The molecule has 1 unspecified atom stereocenters. The standard InChI is InChI=1S/C22H20ClNO2/c1-14-13-20(15(2)26-14)22(25)24-12-11-16-5-3-4-6-19(16)21(24)17-7-9-18(23)10-8-17/h3-10,13,21H,11-12H2,1-2H3. The molecule has 3 aromatic rings. The zero-order valence-corrected chi connectivity index (χ0v) is 15.6. The lowest BCUT2D eigenvalue weighted by Gasteiger charge is -2.37. The molecule has 0 fully saturated rings. The van der Waals surface area contributed by atoms with Crippen molar-refractivity contribution in [2.45, 2.75) is 26.3 Å². The lowest BCUT2D eigenvalue weighted by atomic mass is 9.87. The van der Waals surface area contributed by atoms with Crippen molar-refractivity contribution in [3.05, 3.63) is 93.4 Å². The maximum atomic E-state index is 13.3. The van der Waals surface area contributed by atoms with Crippen LogP contribution in [0.25, 0.3) is 0 Å². The van der Waals surface area contributed by atoms with Crippen LogP contribution >= 0.6 is 11.6 Å². The second-order valence-electron chi connectivity index (χ2n) is 6.73. The quantitative estimate of drug-likeness (QED) is 0.614. The molecule has 3 nitrogen and oxygen atoms in total. The van der Waals surface area contributed by atoms with Gasteiger partial charge in [0.15, 0.2) is 0 Å². The summed E-state index contributed by atoms with van der Waals surface area (Å²) in [5, 5.41) is 0.692. The maximum absolute atomic E-state index is 13.3. The molecule has 0 radical (unpaired) electrons. The Hall–Kier alpha value is -2.52. The van der Waals surface area contributed by atoms with E-state index in [0.29, 0.717) is 22.9 Å². The molecule has 0 aliphatic carbocycles. The Bertz CT molecular complexity index is 959. The Balaban J connectivity index is 1.81. The van der Waals surface area contributed by atoms with Gasteiger partial charge in [0.25, 0.3) is 5.91 Å². The van der Waals surface area contributed by atoms with Crippen molar-refractivity contribution in [3.8, 4) is 0 Å². The summed E-state index contributed by atoms with van der Waals surface area (Å²) in [6.07, 6.45) is 0.849. The SMILES string of the molecule is Cc1cc(C(=O)N2CCc3ccccc3C2c2ccc(Cl)cc2)c(C)o1. The summed E-state index contributed by atoms with van der Waals surface area (Å²) in [7, 11) is 0. The van der Waals surface area contributed by atoms with Crippen LogP contribution in [-0.2, 0) is 6.42 Å². The monoisotopic (exact) mass is 365 g/mol. The lowest BCUT2D eigenvalue weighted by molar-refractivity contribution is 0.0693. The van der Waals surface area contributed by atoms with Crippen molar-refractivity contribution >= 4 is 17.5 Å². The van der Waals surface area contributed by atoms with E-state index in [4.69, 9.17) is 16.0 Å². The molecule has 2 aromatic carbocycles. The summed E-state index contributed by atoms with van der Waals surface area (Å²) in [6.45, 7) is 4.38. The molecule has 0 spiro atoms. The summed E-state index contributed by atoms with van der Waals surface area (Å²) in [6, 6.07) is 17.8. The van der Waals surface area contributed by atoms with Crippen molar-refractivity contribution in [1.29, 1.82) is 0 Å². The van der Waals surface area contributed by atoms with Crippen LogP contribution in [0.3, 0.4) is 0 Å². The number of benzene rings is 2. The highest BCUT2D eigenvalue weighted by molar-refractivity contribution is 6.30. The molecule has 1 aliphatic rings. The molecular formula is C22H20ClNO2. The van der Waals surface area contributed by atoms with Gasteiger partial charge < -0.3 is 9.32 Å². The second kappa shape index (κ2) is 6.65. The van der Waals surface area contributed by atoms with Crippen LogP contribution < -0.4 is 0 Å². The van der Waals surface area contributed by atoms with Gasteiger partial charge in [0.2, 0.25) is 0 Å². The van der Waals surface area contributed by atoms with Gasteiger partial charge in [-0.05, 0) is 55.2 Å². The molecule has 1 aromatic heterocycles. The van der Waals surface area contributed by atoms with Gasteiger partial charge in [0.1, 0.15) is 11.5 Å². The molecule has 0 N–H and O–H groups in total. The average molecular weight is 366 g/mol. The number of rotatable bonds is 2.